The van der Waals surface area contributed by atoms with Crippen LogP contribution in [0.5, 0.6) is 5.75 Å². The Morgan fingerprint density at radius 3 is 3.05 bits per heavy atom. The van der Waals surface area contributed by atoms with Crippen molar-refractivity contribution < 1.29 is 14.3 Å². The molecule has 6 heteroatoms. The molecular weight excluding hydrogens is 258 g/mol. The predicted molar refractivity (Wildman–Crippen MR) is 74.0 cm³/mol. The van der Waals surface area contributed by atoms with Gasteiger partial charge in [0.1, 0.15) is 12.1 Å². The standard InChI is InChI=1S/C14H15N3O3/c1-3-20-13(18)7-8-17-10-15-14(16-17)11-5-4-6-12(9-11)19-2/h4-10H,3H2,1-2H3. The molecule has 0 unspecified atom stereocenters. The highest BCUT2D eigenvalue weighted by Gasteiger charge is 2.04. The van der Waals surface area contributed by atoms with Crippen molar-refractivity contribution in [1.82, 2.24) is 14.8 Å². The summed E-state index contributed by atoms with van der Waals surface area (Å²) in [5, 5.41) is 4.24. The number of carbonyl (C=O) groups is 1. The average molecular weight is 273 g/mol. The van der Waals surface area contributed by atoms with E-state index in [1.54, 1.807) is 14.0 Å². The Hall–Kier alpha value is -2.63. The first kappa shape index (κ1) is 13.8. The lowest BCUT2D eigenvalue weighted by Gasteiger charge is -2.00. The minimum absolute atomic E-state index is 0.343. The summed E-state index contributed by atoms with van der Waals surface area (Å²) in [7, 11) is 1.60. The summed E-state index contributed by atoms with van der Waals surface area (Å²) >= 11 is 0. The first-order valence-corrected chi connectivity index (χ1v) is 6.13. The van der Waals surface area contributed by atoms with Gasteiger partial charge in [-0.2, -0.15) is 0 Å². The number of hydrogen-bond acceptors (Lipinski definition) is 5. The molecule has 1 aromatic carbocycles. The van der Waals surface area contributed by atoms with Crippen LogP contribution in [0.2, 0.25) is 0 Å². The minimum Gasteiger partial charge on any atom is -0.497 e. The Kier molecular flexibility index (Phi) is 4.49. The second-order valence-corrected chi connectivity index (χ2v) is 3.85. The van der Waals surface area contributed by atoms with Crippen molar-refractivity contribution in [1.29, 1.82) is 0 Å². The van der Waals surface area contributed by atoms with Crippen LogP contribution in [0.3, 0.4) is 0 Å². The number of methoxy groups -OCH3 is 1. The molecule has 0 aliphatic carbocycles. The number of benzene rings is 1. The van der Waals surface area contributed by atoms with Gasteiger partial charge >= 0.3 is 5.97 Å². The largest absolute Gasteiger partial charge is 0.497 e. The van der Waals surface area contributed by atoms with E-state index in [4.69, 9.17) is 9.47 Å². The van der Waals surface area contributed by atoms with Crippen LogP contribution in [0.1, 0.15) is 6.92 Å². The number of nitrogens with zero attached hydrogens (tertiary/aromatic N) is 3. The quantitative estimate of drug-likeness (QED) is 0.615. The van der Waals surface area contributed by atoms with Crippen LogP contribution in [0.4, 0.5) is 0 Å². The Labute approximate surface area is 116 Å². The molecule has 0 N–H and O–H groups in total. The van der Waals surface area contributed by atoms with E-state index in [1.165, 1.54) is 23.3 Å². The van der Waals surface area contributed by atoms with Gasteiger partial charge in [0, 0.05) is 17.8 Å². The molecule has 20 heavy (non-hydrogen) atoms. The summed E-state index contributed by atoms with van der Waals surface area (Å²) in [6.07, 6.45) is 4.31. The van der Waals surface area contributed by atoms with Gasteiger partial charge in [0.2, 0.25) is 0 Å². The first-order valence-electron chi connectivity index (χ1n) is 6.13. The fourth-order valence-corrected chi connectivity index (χ4v) is 1.57. The molecule has 1 heterocycles. The molecule has 0 aliphatic heterocycles. The zero-order valence-electron chi connectivity index (χ0n) is 11.3. The van der Waals surface area contributed by atoms with Crippen LogP contribution in [0.15, 0.2) is 36.7 Å². The smallest absolute Gasteiger partial charge is 0.332 e. The maximum atomic E-state index is 11.2. The maximum absolute atomic E-state index is 11.2. The highest BCUT2D eigenvalue weighted by atomic mass is 16.5. The summed E-state index contributed by atoms with van der Waals surface area (Å²) in [5.41, 5.74) is 0.840. The topological polar surface area (TPSA) is 66.2 Å². The Morgan fingerprint density at radius 2 is 2.30 bits per heavy atom. The van der Waals surface area contributed by atoms with Crippen LogP contribution in [0, 0.1) is 0 Å². The molecule has 2 aromatic rings. The second-order valence-electron chi connectivity index (χ2n) is 3.85. The molecule has 0 bridgehead atoms. The fourth-order valence-electron chi connectivity index (χ4n) is 1.57. The van der Waals surface area contributed by atoms with Gasteiger partial charge in [-0.25, -0.2) is 14.5 Å². The third-order valence-electron chi connectivity index (χ3n) is 2.49. The molecule has 0 saturated heterocycles. The third-order valence-corrected chi connectivity index (χ3v) is 2.49. The Bertz CT molecular complexity index is 620. The number of esters is 1. The van der Waals surface area contributed by atoms with Crippen LogP contribution in [-0.2, 0) is 9.53 Å². The molecule has 0 fully saturated rings. The summed E-state index contributed by atoms with van der Waals surface area (Å²) in [6.45, 7) is 2.09. The molecule has 0 spiro atoms. The lowest BCUT2D eigenvalue weighted by atomic mass is 10.2. The summed E-state index contributed by atoms with van der Waals surface area (Å²) in [4.78, 5) is 15.4. The molecule has 6 nitrogen and oxygen atoms in total. The van der Waals surface area contributed by atoms with Gasteiger partial charge < -0.3 is 9.47 Å². The molecule has 0 saturated carbocycles. The maximum Gasteiger partial charge on any atom is 0.332 e. The van der Waals surface area contributed by atoms with Crippen molar-refractivity contribution in [3.8, 4) is 17.1 Å². The summed E-state index contributed by atoms with van der Waals surface area (Å²) < 4.78 is 11.4. The van der Waals surface area contributed by atoms with Crippen molar-refractivity contribution >= 4 is 12.2 Å². The molecule has 0 atom stereocenters. The van der Waals surface area contributed by atoms with Crippen molar-refractivity contribution in [3.05, 3.63) is 36.7 Å². The van der Waals surface area contributed by atoms with Crippen molar-refractivity contribution in [2.45, 2.75) is 6.92 Å². The Balaban J connectivity index is 2.14. The Morgan fingerprint density at radius 1 is 1.45 bits per heavy atom. The van der Waals surface area contributed by atoms with E-state index in [9.17, 15) is 4.79 Å². The number of rotatable bonds is 5. The van der Waals surface area contributed by atoms with E-state index < -0.39 is 5.97 Å². The average Bonchev–Trinajstić information content (AvgIpc) is 2.94. The highest BCUT2D eigenvalue weighted by Crippen LogP contribution is 2.20. The van der Waals surface area contributed by atoms with Gasteiger partial charge in [0.15, 0.2) is 5.82 Å². The van der Waals surface area contributed by atoms with Gasteiger partial charge in [-0.1, -0.05) is 12.1 Å². The summed E-state index contributed by atoms with van der Waals surface area (Å²) in [6, 6.07) is 7.44. The van der Waals surface area contributed by atoms with Gasteiger partial charge in [-0.3, -0.25) is 0 Å². The zero-order chi connectivity index (χ0) is 14.4. The molecule has 2 rings (SSSR count). The molecule has 1 aromatic heterocycles. The second kappa shape index (κ2) is 6.51. The van der Waals surface area contributed by atoms with Gasteiger partial charge in [-0.05, 0) is 19.1 Å². The summed E-state index contributed by atoms with van der Waals surface area (Å²) in [5.74, 6) is 0.879. The van der Waals surface area contributed by atoms with Crippen molar-refractivity contribution in [3.63, 3.8) is 0 Å². The SMILES string of the molecule is CCOC(=O)C=Cn1cnc(-c2cccc(OC)c2)n1. The molecule has 0 amide bonds. The minimum atomic E-state index is -0.411. The van der Waals surface area contributed by atoms with E-state index in [2.05, 4.69) is 10.1 Å². The normalized spacial score (nSPS) is 10.7. The van der Waals surface area contributed by atoms with Gasteiger partial charge in [0.05, 0.1) is 13.7 Å². The lowest BCUT2D eigenvalue weighted by Crippen LogP contribution is -2.00. The third kappa shape index (κ3) is 3.44. The number of aromatic nitrogens is 3. The molecular formula is C14H15N3O3. The number of ether oxygens (including phenoxy) is 2. The number of carbonyl (C=O) groups excluding carboxylic acids is 1. The van der Waals surface area contributed by atoms with Crippen LogP contribution >= 0.6 is 0 Å². The zero-order valence-corrected chi connectivity index (χ0v) is 11.3. The monoisotopic (exact) mass is 273 g/mol. The van der Waals surface area contributed by atoms with E-state index in [1.807, 2.05) is 24.3 Å². The van der Waals surface area contributed by atoms with E-state index in [-0.39, 0.29) is 0 Å². The molecule has 104 valence electrons. The fraction of sp³-hybridized carbons (Fsp3) is 0.214. The lowest BCUT2D eigenvalue weighted by molar-refractivity contribution is -0.137. The van der Waals surface area contributed by atoms with Crippen LogP contribution in [0.25, 0.3) is 17.6 Å². The van der Waals surface area contributed by atoms with E-state index in [0.717, 1.165) is 11.3 Å². The van der Waals surface area contributed by atoms with Crippen LogP contribution < -0.4 is 4.74 Å². The molecule has 0 radical (unpaired) electrons. The predicted octanol–water partition coefficient (Wildman–Crippen LogP) is 1.99. The first-order chi connectivity index (χ1) is 9.72. The van der Waals surface area contributed by atoms with Gasteiger partial charge in [-0.15, -0.1) is 5.10 Å². The van der Waals surface area contributed by atoms with Crippen molar-refractivity contribution in [2.75, 3.05) is 13.7 Å². The van der Waals surface area contributed by atoms with E-state index >= 15 is 0 Å². The van der Waals surface area contributed by atoms with Crippen molar-refractivity contribution in [2.24, 2.45) is 0 Å². The van der Waals surface area contributed by atoms with Crippen LogP contribution in [-0.4, -0.2) is 34.5 Å². The van der Waals surface area contributed by atoms with E-state index in [0.29, 0.717) is 12.4 Å². The molecule has 0 aliphatic rings. The number of hydrogen-bond donors (Lipinski definition) is 0. The highest BCUT2D eigenvalue weighted by molar-refractivity contribution is 5.84. The van der Waals surface area contributed by atoms with Gasteiger partial charge in [0.25, 0.3) is 0 Å².